The van der Waals surface area contributed by atoms with Gasteiger partial charge in [-0.05, 0) is 48.7 Å². The van der Waals surface area contributed by atoms with E-state index in [2.05, 4.69) is 9.97 Å². The molecule has 1 heterocycles. The Bertz CT molecular complexity index is 935. The number of nitrogens with one attached hydrogen (secondary N) is 1. The van der Waals surface area contributed by atoms with Crippen LogP contribution in [0, 0.1) is 0 Å². The number of esters is 1. The van der Waals surface area contributed by atoms with Crippen LogP contribution in [0.4, 0.5) is 5.95 Å². The first-order valence-corrected chi connectivity index (χ1v) is 7.95. The van der Waals surface area contributed by atoms with Crippen LogP contribution >= 0.6 is 11.8 Å². The van der Waals surface area contributed by atoms with Crippen molar-refractivity contribution in [2.45, 2.75) is 4.90 Å². The second-order valence-electron chi connectivity index (χ2n) is 4.75. The van der Waals surface area contributed by atoms with Crippen LogP contribution in [0.25, 0.3) is 10.9 Å². The van der Waals surface area contributed by atoms with Crippen molar-refractivity contribution < 1.29 is 9.53 Å². The van der Waals surface area contributed by atoms with Crippen LogP contribution in [0.1, 0.15) is 10.4 Å². The topological polar surface area (TPSA) is 98.1 Å². The standard InChI is InChI=1S/C16H13N3O3S/c1-23-11-5-3-10(4-6-11)22-15(21)9-2-7-13-12(8-9)14(20)19-16(17)18-13/h2-8H,1H3,(H3,17,18,19,20). The third-order valence-electron chi connectivity index (χ3n) is 3.23. The fraction of sp³-hybridized carbons (Fsp3) is 0.0625. The molecule has 7 heteroatoms. The number of anilines is 1. The summed E-state index contributed by atoms with van der Waals surface area (Å²) in [6, 6.07) is 11.7. The first-order chi connectivity index (χ1) is 11.1. The van der Waals surface area contributed by atoms with E-state index in [4.69, 9.17) is 10.5 Å². The molecule has 1 aromatic heterocycles. The van der Waals surface area contributed by atoms with Gasteiger partial charge in [-0.15, -0.1) is 11.8 Å². The Hall–Kier alpha value is -2.80. The van der Waals surface area contributed by atoms with Crippen LogP contribution in [0.3, 0.4) is 0 Å². The molecule has 0 aliphatic rings. The lowest BCUT2D eigenvalue weighted by Crippen LogP contribution is -2.13. The predicted octanol–water partition coefficient (Wildman–Crippen LogP) is 2.45. The number of nitrogens with two attached hydrogens (primary N) is 1. The van der Waals surface area contributed by atoms with E-state index in [-0.39, 0.29) is 16.9 Å². The molecule has 0 bridgehead atoms. The summed E-state index contributed by atoms with van der Waals surface area (Å²) >= 11 is 1.60. The van der Waals surface area contributed by atoms with Gasteiger partial charge in [-0.25, -0.2) is 9.78 Å². The Morgan fingerprint density at radius 1 is 1.22 bits per heavy atom. The van der Waals surface area contributed by atoms with E-state index in [1.807, 2.05) is 18.4 Å². The summed E-state index contributed by atoms with van der Waals surface area (Å²) in [5, 5.41) is 0.284. The van der Waals surface area contributed by atoms with Crippen LogP contribution in [0.5, 0.6) is 5.75 Å². The Kier molecular flexibility index (Phi) is 4.03. The molecule has 3 rings (SSSR count). The van der Waals surface area contributed by atoms with Gasteiger partial charge in [0.05, 0.1) is 16.5 Å². The summed E-state index contributed by atoms with van der Waals surface area (Å²) in [6.45, 7) is 0. The zero-order valence-corrected chi connectivity index (χ0v) is 13.0. The van der Waals surface area contributed by atoms with E-state index in [1.54, 1.807) is 36.0 Å². The molecule has 0 saturated heterocycles. The summed E-state index contributed by atoms with van der Waals surface area (Å²) < 4.78 is 5.31. The van der Waals surface area contributed by atoms with Gasteiger partial charge in [-0.3, -0.25) is 9.78 Å². The molecule has 3 N–H and O–H groups in total. The Balaban J connectivity index is 1.89. The number of aromatic amines is 1. The highest BCUT2D eigenvalue weighted by molar-refractivity contribution is 7.98. The first-order valence-electron chi connectivity index (χ1n) is 6.72. The molecule has 0 fully saturated rings. The lowest BCUT2D eigenvalue weighted by molar-refractivity contribution is 0.0735. The van der Waals surface area contributed by atoms with Gasteiger partial charge in [0.25, 0.3) is 5.56 Å². The van der Waals surface area contributed by atoms with Crippen molar-refractivity contribution >= 4 is 34.6 Å². The number of benzene rings is 2. The highest BCUT2D eigenvalue weighted by atomic mass is 32.2. The smallest absolute Gasteiger partial charge is 0.343 e. The lowest BCUT2D eigenvalue weighted by atomic mass is 10.1. The third-order valence-corrected chi connectivity index (χ3v) is 3.97. The van der Waals surface area contributed by atoms with Crippen LogP contribution < -0.4 is 16.0 Å². The third kappa shape index (κ3) is 3.19. The molecular formula is C16H13N3O3S. The number of nitrogens with zero attached hydrogens (tertiary/aromatic N) is 1. The highest BCUT2D eigenvalue weighted by Gasteiger charge is 2.11. The minimum Gasteiger partial charge on any atom is -0.423 e. The molecular weight excluding hydrogens is 314 g/mol. The number of carbonyl (C=O) groups is 1. The maximum Gasteiger partial charge on any atom is 0.343 e. The summed E-state index contributed by atoms with van der Waals surface area (Å²) in [7, 11) is 0. The molecule has 0 spiro atoms. The fourth-order valence-corrected chi connectivity index (χ4v) is 2.50. The van der Waals surface area contributed by atoms with Gasteiger partial charge in [0.15, 0.2) is 0 Å². The van der Waals surface area contributed by atoms with Crippen molar-refractivity contribution in [3.8, 4) is 5.75 Å². The summed E-state index contributed by atoms with van der Waals surface area (Å²) in [5.41, 5.74) is 5.78. The number of fused-ring (bicyclic) bond motifs is 1. The van der Waals surface area contributed by atoms with Gasteiger partial charge in [0.2, 0.25) is 5.95 Å². The summed E-state index contributed by atoms with van der Waals surface area (Å²) in [4.78, 5) is 31.6. The maximum absolute atomic E-state index is 12.2. The Labute approximate surface area is 135 Å². The number of carbonyl (C=O) groups excluding carboxylic acids is 1. The predicted molar refractivity (Wildman–Crippen MR) is 90.0 cm³/mol. The van der Waals surface area contributed by atoms with Crippen LogP contribution in [-0.2, 0) is 0 Å². The number of rotatable bonds is 3. The van der Waals surface area contributed by atoms with E-state index in [9.17, 15) is 9.59 Å². The number of hydrogen-bond acceptors (Lipinski definition) is 6. The second-order valence-corrected chi connectivity index (χ2v) is 5.63. The quantitative estimate of drug-likeness (QED) is 0.435. The zero-order valence-electron chi connectivity index (χ0n) is 12.2. The van der Waals surface area contributed by atoms with Crippen LogP contribution in [0.15, 0.2) is 52.2 Å². The molecule has 0 aliphatic carbocycles. The number of nitrogen functional groups attached to an aromatic ring is 1. The minimum absolute atomic E-state index is 0.0340. The van der Waals surface area contributed by atoms with Crippen molar-refractivity contribution in [3.05, 3.63) is 58.4 Å². The molecule has 6 nitrogen and oxygen atoms in total. The number of aromatic nitrogens is 2. The molecule has 0 aliphatic heterocycles. The first kappa shape index (κ1) is 15.1. The number of thioether (sulfide) groups is 1. The van der Waals surface area contributed by atoms with Crippen molar-refractivity contribution in [2.24, 2.45) is 0 Å². The normalized spacial score (nSPS) is 10.7. The number of H-pyrrole nitrogens is 1. The van der Waals surface area contributed by atoms with E-state index in [1.165, 1.54) is 6.07 Å². The van der Waals surface area contributed by atoms with Crippen LogP contribution in [0.2, 0.25) is 0 Å². The van der Waals surface area contributed by atoms with Crippen molar-refractivity contribution in [3.63, 3.8) is 0 Å². The average Bonchev–Trinajstić information content (AvgIpc) is 2.55. The maximum atomic E-state index is 12.2. The lowest BCUT2D eigenvalue weighted by Gasteiger charge is -2.06. The molecule has 23 heavy (non-hydrogen) atoms. The molecule has 0 amide bonds. The van der Waals surface area contributed by atoms with Gasteiger partial charge in [-0.1, -0.05) is 0 Å². The van der Waals surface area contributed by atoms with Crippen LogP contribution in [-0.4, -0.2) is 22.2 Å². The summed E-state index contributed by atoms with van der Waals surface area (Å²) in [6.07, 6.45) is 1.97. The van der Waals surface area contributed by atoms with Gasteiger partial charge in [0.1, 0.15) is 5.75 Å². The van der Waals surface area contributed by atoms with Gasteiger partial charge in [0, 0.05) is 4.90 Å². The van der Waals surface area contributed by atoms with E-state index >= 15 is 0 Å². The Morgan fingerprint density at radius 3 is 2.65 bits per heavy atom. The van der Waals surface area contributed by atoms with E-state index in [0.717, 1.165) is 4.90 Å². The molecule has 3 aromatic rings. The molecule has 116 valence electrons. The SMILES string of the molecule is CSc1ccc(OC(=O)c2ccc3nc(N)[nH]c(=O)c3c2)cc1. The van der Waals surface area contributed by atoms with Crippen molar-refractivity contribution in [1.82, 2.24) is 9.97 Å². The zero-order chi connectivity index (χ0) is 16.4. The minimum atomic E-state index is -0.542. The Morgan fingerprint density at radius 2 is 1.96 bits per heavy atom. The summed E-state index contributed by atoms with van der Waals surface area (Å²) in [5.74, 6) is -0.0658. The fourth-order valence-electron chi connectivity index (χ4n) is 2.09. The molecule has 2 aromatic carbocycles. The monoisotopic (exact) mass is 327 g/mol. The molecule has 0 unspecified atom stereocenters. The van der Waals surface area contributed by atoms with E-state index in [0.29, 0.717) is 11.3 Å². The van der Waals surface area contributed by atoms with Gasteiger partial charge >= 0.3 is 5.97 Å². The van der Waals surface area contributed by atoms with Crippen molar-refractivity contribution in [1.29, 1.82) is 0 Å². The number of ether oxygens (including phenoxy) is 1. The largest absolute Gasteiger partial charge is 0.423 e. The van der Waals surface area contributed by atoms with Crippen molar-refractivity contribution in [2.75, 3.05) is 12.0 Å². The molecule has 0 atom stereocenters. The van der Waals surface area contributed by atoms with E-state index < -0.39 is 11.5 Å². The molecule has 0 radical (unpaired) electrons. The molecule has 0 saturated carbocycles. The average molecular weight is 327 g/mol. The van der Waals surface area contributed by atoms with Gasteiger partial charge < -0.3 is 10.5 Å². The van der Waals surface area contributed by atoms with Gasteiger partial charge in [-0.2, -0.15) is 0 Å². The number of hydrogen-bond donors (Lipinski definition) is 2. The highest BCUT2D eigenvalue weighted by Crippen LogP contribution is 2.20. The second kappa shape index (κ2) is 6.13.